The summed E-state index contributed by atoms with van der Waals surface area (Å²) in [5.74, 6) is -0.250. The first kappa shape index (κ1) is 19.3. The van der Waals surface area contributed by atoms with Gasteiger partial charge in [0.1, 0.15) is 11.4 Å². The van der Waals surface area contributed by atoms with E-state index in [9.17, 15) is 9.18 Å². The van der Waals surface area contributed by atoms with Gasteiger partial charge in [-0.15, -0.1) is 0 Å². The van der Waals surface area contributed by atoms with Crippen molar-refractivity contribution < 1.29 is 13.5 Å². The van der Waals surface area contributed by atoms with Gasteiger partial charge in [0.05, 0.1) is 6.61 Å². The molecular formula is C22H24FNO3. The van der Waals surface area contributed by atoms with Crippen LogP contribution in [-0.4, -0.2) is 25.2 Å². The van der Waals surface area contributed by atoms with Gasteiger partial charge in [0.25, 0.3) is 0 Å². The highest BCUT2D eigenvalue weighted by atomic mass is 19.1. The van der Waals surface area contributed by atoms with Crippen LogP contribution in [0.4, 0.5) is 4.39 Å². The van der Waals surface area contributed by atoms with Crippen LogP contribution in [0.15, 0.2) is 51.7 Å². The number of rotatable bonds is 7. The zero-order chi connectivity index (χ0) is 19.4. The molecule has 0 spiro atoms. The lowest BCUT2D eigenvalue weighted by atomic mass is 10.0. The van der Waals surface area contributed by atoms with Gasteiger partial charge in [-0.3, -0.25) is 4.90 Å². The van der Waals surface area contributed by atoms with Gasteiger partial charge in [-0.2, -0.15) is 0 Å². The third-order valence-electron chi connectivity index (χ3n) is 4.84. The SMILES string of the molecule is COCCN(Cc1ccc(F)cc1)Cc1cc(=O)oc2c(C)c(C)ccc12. The van der Waals surface area contributed by atoms with Gasteiger partial charge >= 0.3 is 5.63 Å². The summed E-state index contributed by atoms with van der Waals surface area (Å²) in [6.07, 6.45) is 0. The first-order valence-corrected chi connectivity index (χ1v) is 8.96. The molecule has 0 unspecified atom stereocenters. The van der Waals surface area contributed by atoms with Crippen molar-refractivity contribution in [1.29, 1.82) is 0 Å². The lowest BCUT2D eigenvalue weighted by Gasteiger charge is -2.23. The van der Waals surface area contributed by atoms with Crippen LogP contribution in [0.5, 0.6) is 0 Å². The average Bonchev–Trinajstić information content (AvgIpc) is 2.65. The minimum atomic E-state index is -0.348. The monoisotopic (exact) mass is 369 g/mol. The molecule has 0 saturated heterocycles. The molecule has 4 nitrogen and oxygen atoms in total. The van der Waals surface area contributed by atoms with Crippen molar-refractivity contribution in [3.63, 3.8) is 0 Å². The molecule has 142 valence electrons. The third kappa shape index (κ3) is 4.62. The van der Waals surface area contributed by atoms with Gasteiger partial charge in [0.15, 0.2) is 0 Å². The lowest BCUT2D eigenvalue weighted by Crippen LogP contribution is -2.27. The predicted molar refractivity (Wildman–Crippen MR) is 104 cm³/mol. The Bertz CT molecular complexity index is 979. The van der Waals surface area contributed by atoms with E-state index in [0.29, 0.717) is 31.8 Å². The normalized spacial score (nSPS) is 11.4. The number of nitrogens with zero attached hydrogens (tertiary/aromatic N) is 1. The molecule has 3 rings (SSSR count). The van der Waals surface area contributed by atoms with E-state index < -0.39 is 0 Å². The number of hydrogen-bond donors (Lipinski definition) is 0. The summed E-state index contributed by atoms with van der Waals surface area (Å²) >= 11 is 0. The molecule has 0 bridgehead atoms. The lowest BCUT2D eigenvalue weighted by molar-refractivity contribution is 0.140. The summed E-state index contributed by atoms with van der Waals surface area (Å²) in [6.45, 7) is 6.44. The topological polar surface area (TPSA) is 42.7 Å². The fourth-order valence-electron chi connectivity index (χ4n) is 3.18. The Labute approximate surface area is 158 Å². The molecule has 0 radical (unpaired) electrons. The molecule has 0 fully saturated rings. The highest BCUT2D eigenvalue weighted by molar-refractivity contribution is 5.83. The van der Waals surface area contributed by atoms with E-state index in [-0.39, 0.29) is 11.4 Å². The Kier molecular flexibility index (Phi) is 6.04. The maximum Gasteiger partial charge on any atom is 0.336 e. The largest absolute Gasteiger partial charge is 0.422 e. The highest BCUT2D eigenvalue weighted by Gasteiger charge is 2.14. The van der Waals surface area contributed by atoms with Crippen LogP contribution in [0.1, 0.15) is 22.3 Å². The number of ether oxygens (including phenoxy) is 1. The van der Waals surface area contributed by atoms with Crippen molar-refractivity contribution in [2.24, 2.45) is 0 Å². The molecule has 3 aromatic rings. The second-order valence-corrected chi connectivity index (χ2v) is 6.80. The molecular weight excluding hydrogens is 345 g/mol. The third-order valence-corrected chi connectivity index (χ3v) is 4.84. The van der Waals surface area contributed by atoms with E-state index in [1.54, 1.807) is 25.3 Å². The first-order chi connectivity index (χ1) is 13.0. The number of benzene rings is 2. The Balaban J connectivity index is 1.94. The van der Waals surface area contributed by atoms with Crippen LogP contribution in [-0.2, 0) is 17.8 Å². The van der Waals surface area contributed by atoms with Crippen LogP contribution in [0.2, 0.25) is 0 Å². The van der Waals surface area contributed by atoms with Crippen LogP contribution in [0, 0.1) is 19.7 Å². The van der Waals surface area contributed by atoms with Crippen LogP contribution >= 0.6 is 0 Å². The van der Waals surface area contributed by atoms with E-state index in [2.05, 4.69) is 4.90 Å². The Morgan fingerprint density at radius 1 is 1.07 bits per heavy atom. The summed E-state index contributed by atoms with van der Waals surface area (Å²) < 4.78 is 23.9. The Morgan fingerprint density at radius 3 is 2.52 bits per heavy atom. The minimum Gasteiger partial charge on any atom is -0.422 e. The van der Waals surface area contributed by atoms with E-state index in [4.69, 9.17) is 9.15 Å². The molecule has 1 heterocycles. The zero-order valence-corrected chi connectivity index (χ0v) is 15.9. The molecule has 27 heavy (non-hydrogen) atoms. The van der Waals surface area contributed by atoms with Crippen molar-refractivity contribution in [3.05, 3.63) is 81.0 Å². The minimum absolute atomic E-state index is 0.250. The average molecular weight is 369 g/mol. The van der Waals surface area contributed by atoms with Crippen LogP contribution < -0.4 is 5.63 Å². The van der Waals surface area contributed by atoms with E-state index >= 15 is 0 Å². The summed E-state index contributed by atoms with van der Waals surface area (Å²) in [5.41, 5.74) is 4.29. The summed E-state index contributed by atoms with van der Waals surface area (Å²) in [4.78, 5) is 14.3. The second kappa shape index (κ2) is 8.46. The van der Waals surface area contributed by atoms with Gasteiger partial charge in [0, 0.05) is 38.2 Å². The summed E-state index contributed by atoms with van der Waals surface area (Å²) in [6, 6.07) is 12.1. The number of methoxy groups -OCH3 is 1. The van der Waals surface area contributed by atoms with Gasteiger partial charge in [-0.05, 0) is 48.2 Å². The number of fused-ring (bicyclic) bond motifs is 1. The molecule has 0 atom stereocenters. The summed E-state index contributed by atoms with van der Waals surface area (Å²) in [5, 5.41) is 0.944. The molecule has 2 aromatic carbocycles. The molecule has 1 aromatic heterocycles. The predicted octanol–water partition coefficient (Wildman–Crippen LogP) is 4.20. The van der Waals surface area contributed by atoms with Gasteiger partial charge in [0.2, 0.25) is 0 Å². The molecule has 0 aliphatic rings. The fraction of sp³-hybridized carbons (Fsp3) is 0.318. The summed E-state index contributed by atoms with van der Waals surface area (Å²) in [7, 11) is 1.66. The van der Waals surface area contributed by atoms with E-state index in [1.807, 2.05) is 26.0 Å². The first-order valence-electron chi connectivity index (χ1n) is 8.96. The van der Waals surface area contributed by atoms with E-state index in [1.165, 1.54) is 12.1 Å². The van der Waals surface area contributed by atoms with Crippen LogP contribution in [0.25, 0.3) is 11.0 Å². The maximum atomic E-state index is 13.2. The van der Waals surface area contributed by atoms with Gasteiger partial charge in [-0.1, -0.05) is 24.3 Å². The zero-order valence-electron chi connectivity index (χ0n) is 15.9. The number of halogens is 1. The standard InChI is InChI=1S/C22H24FNO3/c1-15-4-9-20-18(12-21(25)27-22(20)16(15)2)14-24(10-11-26-3)13-17-5-7-19(23)8-6-17/h4-9,12H,10-11,13-14H2,1-3H3. The number of aryl methyl sites for hydroxylation is 2. The highest BCUT2D eigenvalue weighted by Crippen LogP contribution is 2.24. The molecule has 0 aliphatic carbocycles. The molecule has 5 heteroatoms. The van der Waals surface area contributed by atoms with Crippen molar-refractivity contribution in [1.82, 2.24) is 4.90 Å². The Hall–Kier alpha value is -2.50. The van der Waals surface area contributed by atoms with Gasteiger partial charge < -0.3 is 9.15 Å². The fourth-order valence-corrected chi connectivity index (χ4v) is 3.18. The van der Waals surface area contributed by atoms with E-state index in [0.717, 1.165) is 27.6 Å². The second-order valence-electron chi connectivity index (χ2n) is 6.80. The molecule has 0 amide bonds. The molecule has 0 aliphatic heterocycles. The quantitative estimate of drug-likeness (QED) is 0.586. The van der Waals surface area contributed by atoms with Crippen molar-refractivity contribution >= 4 is 11.0 Å². The molecule has 0 saturated carbocycles. The smallest absolute Gasteiger partial charge is 0.336 e. The van der Waals surface area contributed by atoms with Crippen molar-refractivity contribution in [2.75, 3.05) is 20.3 Å². The maximum absolute atomic E-state index is 13.2. The molecule has 0 N–H and O–H groups in total. The Morgan fingerprint density at radius 2 is 1.81 bits per heavy atom. The van der Waals surface area contributed by atoms with Crippen molar-refractivity contribution in [2.45, 2.75) is 26.9 Å². The van der Waals surface area contributed by atoms with Crippen molar-refractivity contribution in [3.8, 4) is 0 Å². The van der Waals surface area contributed by atoms with Crippen LogP contribution in [0.3, 0.4) is 0 Å². The van der Waals surface area contributed by atoms with Gasteiger partial charge in [-0.25, -0.2) is 9.18 Å². The number of hydrogen-bond acceptors (Lipinski definition) is 4.